The Morgan fingerprint density at radius 2 is 1.76 bits per heavy atom. The van der Waals surface area contributed by atoms with E-state index in [1.807, 2.05) is 6.08 Å². The molecule has 0 radical (unpaired) electrons. The van der Waals surface area contributed by atoms with Crippen molar-refractivity contribution in [3.05, 3.63) is 12.2 Å². The first-order valence-corrected chi connectivity index (χ1v) is 10.3. The lowest BCUT2D eigenvalue weighted by Crippen LogP contribution is -2.73. The Bertz CT molecular complexity index is 506. The van der Waals surface area contributed by atoms with Crippen LogP contribution >= 0.6 is 0 Å². The molecule has 4 nitrogen and oxygen atoms in total. The monoisotopic (exact) mass is 350 g/mol. The van der Waals surface area contributed by atoms with Gasteiger partial charge in [0.15, 0.2) is 5.79 Å². The highest BCUT2D eigenvalue weighted by Gasteiger charge is 2.74. The van der Waals surface area contributed by atoms with Crippen molar-refractivity contribution in [1.82, 2.24) is 0 Å². The Morgan fingerprint density at radius 3 is 2.44 bits per heavy atom. The number of rotatable bonds is 3. The second-order valence-electron chi connectivity index (χ2n) is 9.05. The predicted molar refractivity (Wildman–Crippen MR) is 95.8 cm³/mol. The summed E-state index contributed by atoms with van der Waals surface area (Å²) < 4.78 is 12.2. The standard InChI is InChI=1S/C21H34O4/c1-14-19-16(8-9-17(22)15-6-4-3-5-7-15)18(23)10-11-20(19,2)21(14)24-12-13-25-21/h8-9,14-19,22-23H,3-7,10-13H2,1-2H3/b9-8+/t14?,16-,17-,18+,19+,20-/m1/s1. The molecule has 4 fully saturated rings. The summed E-state index contributed by atoms with van der Waals surface area (Å²) >= 11 is 0. The molecule has 3 aliphatic carbocycles. The first kappa shape index (κ1) is 18.0. The average Bonchev–Trinajstić information content (AvgIpc) is 3.15. The van der Waals surface area contributed by atoms with Gasteiger partial charge in [0, 0.05) is 17.3 Å². The summed E-state index contributed by atoms with van der Waals surface area (Å²) in [7, 11) is 0. The average molecular weight is 350 g/mol. The van der Waals surface area contributed by atoms with Gasteiger partial charge in [-0.2, -0.15) is 0 Å². The van der Waals surface area contributed by atoms with E-state index in [0.29, 0.717) is 25.0 Å². The van der Waals surface area contributed by atoms with E-state index >= 15 is 0 Å². The van der Waals surface area contributed by atoms with Crippen LogP contribution in [-0.4, -0.2) is 41.4 Å². The molecule has 4 rings (SSSR count). The summed E-state index contributed by atoms with van der Waals surface area (Å²) in [5, 5.41) is 21.2. The van der Waals surface area contributed by atoms with Crippen molar-refractivity contribution >= 4 is 0 Å². The third-order valence-corrected chi connectivity index (χ3v) is 7.87. The Hall–Kier alpha value is -0.420. The third-order valence-electron chi connectivity index (χ3n) is 7.87. The molecular weight excluding hydrogens is 316 g/mol. The first-order chi connectivity index (χ1) is 12.0. The van der Waals surface area contributed by atoms with Crippen molar-refractivity contribution in [2.45, 2.75) is 76.8 Å². The molecule has 4 heteroatoms. The van der Waals surface area contributed by atoms with Crippen LogP contribution in [0.15, 0.2) is 12.2 Å². The first-order valence-electron chi connectivity index (χ1n) is 10.3. The number of fused-ring (bicyclic) bond motifs is 2. The maximum atomic E-state index is 10.7. The molecule has 1 aliphatic heterocycles. The minimum Gasteiger partial charge on any atom is -0.393 e. The number of ether oxygens (including phenoxy) is 2. The smallest absolute Gasteiger partial charge is 0.176 e. The van der Waals surface area contributed by atoms with Gasteiger partial charge in [-0.3, -0.25) is 0 Å². The van der Waals surface area contributed by atoms with Gasteiger partial charge in [0.2, 0.25) is 0 Å². The van der Waals surface area contributed by atoms with Crippen molar-refractivity contribution in [3.8, 4) is 0 Å². The second kappa shape index (κ2) is 6.63. The minimum absolute atomic E-state index is 0.0348. The summed E-state index contributed by atoms with van der Waals surface area (Å²) in [6.07, 6.45) is 11.1. The summed E-state index contributed by atoms with van der Waals surface area (Å²) in [5.74, 6) is 0.654. The third kappa shape index (κ3) is 2.63. The second-order valence-corrected chi connectivity index (χ2v) is 9.05. The van der Waals surface area contributed by atoms with Crippen LogP contribution in [0.3, 0.4) is 0 Å². The van der Waals surface area contributed by atoms with Crippen LogP contribution in [0.1, 0.15) is 58.8 Å². The van der Waals surface area contributed by atoms with E-state index in [1.165, 1.54) is 19.3 Å². The molecule has 0 aromatic rings. The molecule has 3 saturated carbocycles. The van der Waals surface area contributed by atoms with E-state index in [0.717, 1.165) is 25.7 Å². The molecule has 0 aromatic carbocycles. The summed E-state index contributed by atoms with van der Waals surface area (Å²) in [4.78, 5) is 0. The Labute approximate surface area is 151 Å². The fourth-order valence-electron chi connectivity index (χ4n) is 6.57. The highest BCUT2D eigenvalue weighted by Crippen LogP contribution is 2.69. The minimum atomic E-state index is -0.452. The maximum absolute atomic E-state index is 10.7. The van der Waals surface area contributed by atoms with Crippen LogP contribution in [0, 0.1) is 29.1 Å². The van der Waals surface area contributed by atoms with E-state index in [1.54, 1.807) is 0 Å². The molecule has 0 aromatic heterocycles. The van der Waals surface area contributed by atoms with Gasteiger partial charge in [-0.1, -0.05) is 45.3 Å². The molecule has 1 heterocycles. The van der Waals surface area contributed by atoms with Gasteiger partial charge < -0.3 is 19.7 Å². The molecule has 0 bridgehead atoms. The van der Waals surface area contributed by atoms with E-state index in [9.17, 15) is 10.2 Å². The fraction of sp³-hybridized carbons (Fsp3) is 0.905. The molecule has 1 saturated heterocycles. The van der Waals surface area contributed by atoms with Crippen LogP contribution in [0.2, 0.25) is 0 Å². The SMILES string of the molecule is CC1[C@H]2[C@H](/C=C/[C@@H](O)C3CCCCC3)[C@@H](O)CC[C@@]2(C)C12OCCO2. The molecule has 142 valence electrons. The summed E-state index contributed by atoms with van der Waals surface area (Å²) in [6, 6.07) is 0. The van der Waals surface area contributed by atoms with E-state index in [2.05, 4.69) is 19.9 Å². The molecule has 0 amide bonds. The van der Waals surface area contributed by atoms with Crippen molar-refractivity contribution in [2.24, 2.45) is 29.1 Å². The van der Waals surface area contributed by atoms with Crippen molar-refractivity contribution in [2.75, 3.05) is 13.2 Å². The normalized spacial score (nSPS) is 45.4. The van der Waals surface area contributed by atoms with Gasteiger partial charge in [-0.05, 0) is 37.5 Å². The van der Waals surface area contributed by atoms with Crippen molar-refractivity contribution in [1.29, 1.82) is 0 Å². The molecule has 1 spiro atoms. The van der Waals surface area contributed by atoms with Crippen LogP contribution in [-0.2, 0) is 9.47 Å². The van der Waals surface area contributed by atoms with Crippen molar-refractivity contribution < 1.29 is 19.7 Å². The zero-order valence-electron chi connectivity index (χ0n) is 15.7. The van der Waals surface area contributed by atoms with Crippen LogP contribution in [0.25, 0.3) is 0 Å². The molecule has 2 N–H and O–H groups in total. The Morgan fingerprint density at radius 1 is 1.08 bits per heavy atom. The van der Waals surface area contributed by atoms with Crippen LogP contribution in [0.5, 0.6) is 0 Å². The molecular formula is C21H34O4. The van der Waals surface area contributed by atoms with Gasteiger partial charge in [0.25, 0.3) is 0 Å². The molecule has 6 atom stereocenters. The van der Waals surface area contributed by atoms with Gasteiger partial charge in [0.1, 0.15) is 0 Å². The highest BCUT2D eigenvalue weighted by molar-refractivity contribution is 5.20. The number of aliphatic hydroxyl groups is 2. The summed E-state index contributed by atoms with van der Waals surface area (Å²) in [6.45, 7) is 5.83. The van der Waals surface area contributed by atoms with E-state index < -0.39 is 5.79 Å². The molecule has 1 unspecified atom stereocenters. The topological polar surface area (TPSA) is 58.9 Å². The fourth-order valence-corrected chi connectivity index (χ4v) is 6.57. The number of aliphatic hydroxyl groups excluding tert-OH is 2. The quantitative estimate of drug-likeness (QED) is 0.767. The molecule has 4 aliphatic rings. The van der Waals surface area contributed by atoms with E-state index in [4.69, 9.17) is 9.47 Å². The van der Waals surface area contributed by atoms with Crippen LogP contribution < -0.4 is 0 Å². The van der Waals surface area contributed by atoms with Gasteiger partial charge in [-0.25, -0.2) is 0 Å². The van der Waals surface area contributed by atoms with Crippen LogP contribution in [0.4, 0.5) is 0 Å². The van der Waals surface area contributed by atoms with Gasteiger partial charge >= 0.3 is 0 Å². The van der Waals surface area contributed by atoms with Crippen molar-refractivity contribution in [3.63, 3.8) is 0 Å². The number of hydrogen-bond acceptors (Lipinski definition) is 4. The van der Waals surface area contributed by atoms with Gasteiger partial charge in [0.05, 0.1) is 25.4 Å². The summed E-state index contributed by atoms with van der Waals surface area (Å²) in [5.41, 5.74) is -0.0348. The largest absolute Gasteiger partial charge is 0.393 e. The predicted octanol–water partition coefficient (Wildman–Crippen LogP) is 3.27. The number of hydrogen-bond donors (Lipinski definition) is 2. The zero-order chi connectivity index (χ0) is 17.7. The lowest BCUT2D eigenvalue weighted by molar-refractivity contribution is -0.380. The Balaban J connectivity index is 1.50. The highest BCUT2D eigenvalue weighted by atomic mass is 16.7. The van der Waals surface area contributed by atoms with E-state index in [-0.39, 0.29) is 29.5 Å². The van der Waals surface area contributed by atoms with Gasteiger partial charge in [-0.15, -0.1) is 0 Å². The lowest BCUT2D eigenvalue weighted by atomic mass is 9.42. The maximum Gasteiger partial charge on any atom is 0.176 e. The lowest BCUT2D eigenvalue weighted by Gasteiger charge is -2.68. The zero-order valence-corrected chi connectivity index (χ0v) is 15.7. The Kier molecular flexibility index (Phi) is 4.77. The molecule has 25 heavy (non-hydrogen) atoms.